The first-order valence-electron chi connectivity index (χ1n) is 8.98. The van der Waals surface area contributed by atoms with Gasteiger partial charge in [-0.15, -0.1) is 11.3 Å². The van der Waals surface area contributed by atoms with E-state index in [0.717, 1.165) is 28.3 Å². The van der Waals surface area contributed by atoms with Gasteiger partial charge < -0.3 is 4.57 Å². The normalized spacial score (nSPS) is 10.8. The molecule has 0 bridgehead atoms. The number of rotatable bonds is 4. The van der Waals surface area contributed by atoms with Crippen LogP contribution in [0.5, 0.6) is 0 Å². The number of aromatic nitrogens is 2. The molecule has 2 heterocycles. The Hall–Kier alpha value is -3.16. The molecule has 0 fully saturated rings. The molecule has 0 atom stereocenters. The number of amides is 2. The van der Waals surface area contributed by atoms with Gasteiger partial charge in [0.25, 0.3) is 11.8 Å². The van der Waals surface area contributed by atoms with Crippen LogP contribution in [0.25, 0.3) is 21.7 Å². The summed E-state index contributed by atoms with van der Waals surface area (Å²) in [5, 5.41) is 0.537. The molecule has 0 saturated heterocycles. The number of imidazole rings is 1. The van der Waals surface area contributed by atoms with Crippen LogP contribution in [0.2, 0.25) is 5.02 Å². The Morgan fingerprint density at radius 3 is 2.48 bits per heavy atom. The third-order valence-electron chi connectivity index (χ3n) is 4.42. The number of hydrogen-bond acceptors (Lipinski definition) is 4. The standard InChI is InChI=1S/C21H17ClN4O2S/c1-2-26-16-6-4-3-5-15(16)23-19(26)17-11-12-18(29-17)21(28)25-24-20(27)13-7-9-14(22)10-8-13/h3-12H,2H2,1H3,(H,24,27)(H,25,28). The SMILES string of the molecule is CCn1c(-c2ccc(C(=O)NNC(=O)c3ccc(Cl)cc3)s2)nc2ccccc21. The molecule has 2 aromatic carbocycles. The van der Waals surface area contributed by atoms with E-state index in [1.54, 1.807) is 30.3 Å². The number of benzene rings is 2. The van der Waals surface area contributed by atoms with Crippen LogP contribution in [0.15, 0.2) is 60.7 Å². The Morgan fingerprint density at radius 2 is 1.72 bits per heavy atom. The fourth-order valence-electron chi connectivity index (χ4n) is 3.01. The lowest BCUT2D eigenvalue weighted by atomic mass is 10.2. The average Bonchev–Trinajstić information content (AvgIpc) is 3.36. The molecule has 4 rings (SSSR count). The third kappa shape index (κ3) is 3.87. The Morgan fingerprint density at radius 1 is 1.00 bits per heavy atom. The second-order valence-corrected chi connectivity index (χ2v) is 7.77. The van der Waals surface area contributed by atoms with E-state index in [0.29, 0.717) is 15.5 Å². The topological polar surface area (TPSA) is 76.0 Å². The molecule has 0 unspecified atom stereocenters. The van der Waals surface area contributed by atoms with Gasteiger partial charge in [-0.1, -0.05) is 23.7 Å². The molecule has 146 valence electrons. The van der Waals surface area contributed by atoms with Crippen LogP contribution in [0.1, 0.15) is 27.0 Å². The lowest BCUT2D eigenvalue weighted by Crippen LogP contribution is -2.41. The highest BCUT2D eigenvalue weighted by Crippen LogP contribution is 2.30. The molecule has 0 saturated carbocycles. The molecule has 2 amide bonds. The van der Waals surface area contributed by atoms with Gasteiger partial charge in [0.05, 0.1) is 20.8 Å². The van der Waals surface area contributed by atoms with Crippen LogP contribution < -0.4 is 10.9 Å². The van der Waals surface area contributed by atoms with Crippen molar-refractivity contribution in [2.75, 3.05) is 0 Å². The highest BCUT2D eigenvalue weighted by Gasteiger charge is 2.16. The van der Waals surface area contributed by atoms with Crippen LogP contribution in [0, 0.1) is 0 Å². The zero-order valence-corrected chi connectivity index (χ0v) is 17.1. The van der Waals surface area contributed by atoms with Gasteiger partial charge in [-0.2, -0.15) is 0 Å². The smallest absolute Gasteiger partial charge is 0.279 e. The predicted molar refractivity (Wildman–Crippen MR) is 115 cm³/mol. The summed E-state index contributed by atoms with van der Waals surface area (Å²) in [6.45, 7) is 2.83. The van der Waals surface area contributed by atoms with E-state index in [2.05, 4.69) is 22.3 Å². The number of carbonyl (C=O) groups is 2. The summed E-state index contributed by atoms with van der Waals surface area (Å²) < 4.78 is 2.12. The number of carbonyl (C=O) groups excluding carboxylic acids is 2. The highest BCUT2D eigenvalue weighted by atomic mass is 35.5. The van der Waals surface area contributed by atoms with E-state index < -0.39 is 5.91 Å². The van der Waals surface area contributed by atoms with Crippen molar-refractivity contribution in [1.29, 1.82) is 0 Å². The zero-order valence-electron chi connectivity index (χ0n) is 15.5. The molecule has 4 aromatic rings. The molecule has 6 nitrogen and oxygen atoms in total. The summed E-state index contributed by atoms with van der Waals surface area (Å²) in [6.07, 6.45) is 0. The van der Waals surface area contributed by atoms with Crippen molar-refractivity contribution in [3.05, 3.63) is 76.1 Å². The summed E-state index contributed by atoms with van der Waals surface area (Å²) in [7, 11) is 0. The molecule has 0 aliphatic carbocycles. The largest absolute Gasteiger partial charge is 0.324 e. The number of fused-ring (bicyclic) bond motifs is 1. The monoisotopic (exact) mass is 424 g/mol. The number of nitrogens with one attached hydrogen (secondary N) is 2. The first-order chi connectivity index (χ1) is 14.1. The van der Waals surface area contributed by atoms with Gasteiger partial charge in [0.15, 0.2) is 5.82 Å². The van der Waals surface area contributed by atoms with Crippen molar-refractivity contribution in [2.24, 2.45) is 0 Å². The Kier molecular flexibility index (Phi) is 5.33. The Balaban J connectivity index is 1.50. The van der Waals surface area contributed by atoms with E-state index in [4.69, 9.17) is 16.6 Å². The maximum atomic E-state index is 12.4. The fraction of sp³-hybridized carbons (Fsp3) is 0.0952. The second-order valence-electron chi connectivity index (χ2n) is 6.25. The lowest BCUT2D eigenvalue weighted by molar-refractivity contribution is 0.0849. The third-order valence-corrected chi connectivity index (χ3v) is 5.75. The fourth-order valence-corrected chi connectivity index (χ4v) is 4.04. The van der Waals surface area contributed by atoms with E-state index in [1.807, 2.05) is 30.3 Å². The van der Waals surface area contributed by atoms with Crippen LogP contribution in [-0.4, -0.2) is 21.4 Å². The van der Waals surface area contributed by atoms with E-state index >= 15 is 0 Å². The average molecular weight is 425 g/mol. The number of thiophene rings is 1. The minimum Gasteiger partial charge on any atom is -0.324 e. The highest BCUT2D eigenvalue weighted by molar-refractivity contribution is 7.17. The van der Waals surface area contributed by atoms with Gasteiger partial charge in [0, 0.05) is 17.1 Å². The van der Waals surface area contributed by atoms with Gasteiger partial charge in [0.2, 0.25) is 0 Å². The van der Waals surface area contributed by atoms with Crippen molar-refractivity contribution in [2.45, 2.75) is 13.5 Å². The molecule has 0 radical (unpaired) electrons. The zero-order chi connectivity index (χ0) is 20.4. The molecule has 2 N–H and O–H groups in total. The molecular weight excluding hydrogens is 408 g/mol. The number of hydrogen-bond donors (Lipinski definition) is 2. The lowest BCUT2D eigenvalue weighted by Gasteiger charge is -2.06. The summed E-state index contributed by atoms with van der Waals surface area (Å²) >= 11 is 7.14. The maximum Gasteiger partial charge on any atom is 0.279 e. The molecule has 0 spiro atoms. The molecular formula is C21H17ClN4O2S. The van der Waals surface area contributed by atoms with Gasteiger partial charge in [-0.3, -0.25) is 20.4 Å². The summed E-state index contributed by atoms with van der Waals surface area (Å²) in [4.78, 5) is 30.6. The van der Waals surface area contributed by atoms with Crippen molar-refractivity contribution in [3.8, 4) is 10.7 Å². The number of para-hydroxylation sites is 2. The molecule has 2 aromatic heterocycles. The van der Waals surface area contributed by atoms with E-state index in [9.17, 15) is 9.59 Å². The van der Waals surface area contributed by atoms with Gasteiger partial charge >= 0.3 is 0 Å². The summed E-state index contributed by atoms with van der Waals surface area (Å²) in [6, 6.07) is 17.9. The minimum atomic E-state index is -0.417. The maximum absolute atomic E-state index is 12.4. The van der Waals surface area contributed by atoms with E-state index in [1.165, 1.54) is 11.3 Å². The van der Waals surface area contributed by atoms with Crippen LogP contribution in [0.4, 0.5) is 0 Å². The first-order valence-corrected chi connectivity index (χ1v) is 10.2. The van der Waals surface area contributed by atoms with Crippen molar-refractivity contribution < 1.29 is 9.59 Å². The number of aryl methyl sites for hydroxylation is 1. The quantitative estimate of drug-likeness (QED) is 0.473. The van der Waals surface area contributed by atoms with Crippen molar-refractivity contribution >= 4 is 45.8 Å². The second kappa shape index (κ2) is 8.06. The molecule has 0 aliphatic rings. The van der Waals surface area contributed by atoms with Crippen LogP contribution in [0.3, 0.4) is 0 Å². The van der Waals surface area contributed by atoms with Crippen molar-refractivity contribution in [3.63, 3.8) is 0 Å². The minimum absolute atomic E-state index is 0.386. The first kappa shape index (κ1) is 19.2. The van der Waals surface area contributed by atoms with Gasteiger partial charge in [-0.25, -0.2) is 4.98 Å². The number of halogens is 1. The predicted octanol–water partition coefficient (Wildman–Crippen LogP) is 4.51. The number of hydrazine groups is 1. The summed E-state index contributed by atoms with van der Waals surface area (Å²) in [5.41, 5.74) is 7.23. The van der Waals surface area contributed by atoms with E-state index in [-0.39, 0.29) is 5.91 Å². The van der Waals surface area contributed by atoms with Gasteiger partial charge in [-0.05, 0) is 55.5 Å². The molecule has 0 aliphatic heterocycles. The molecule has 8 heteroatoms. The van der Waals surface area contributed by atoms with Crippen molar-refractivity contribution in [1.82, 2.24) is 20.4 Å². The number of nitrogens with zero attached hydrogens (tertiary/aromatic N) is 2. The van der Waals surface area contributed by atoms with Crippen LogP contribution >= 0.6 is 22.9 Å². The Bertz CT molecular complexity index is 1200. The van der Waals surface area contributed by atoms with Gasteiger partial charge in [0.1, 0.15) is 0 Å². The Labute approximate surface area is 176 Å². The van der Waals surface area contributed by atoms with Crippen LogP contribution in [-0.2, 0) is 6.54 Å². The summed E-state index contributed by atoms with van der Waals surface area (Å²) in [5.74, 6) is 0.0187. The molecule has 29 heavy (non-hydrogen) atoms.